The number of anilines is 2. The van der Waals surface area contributed by atoms with Gasteiger partial charge in [0.25, 0.3) is 0 Å². The number of hydrogen-bond acceptors (Lipinski definition) is 5. The molecule has 6 heteroatoms. The molecule has 3 rings (SSSR count). The average Bonchev–Trinajstić information content (AvgIpc) is 2.93. The zero-order valence-electron chi connectivity index (χ0n) is 12.5. The minimum Gasteiger partial charge on any atom is -0.383 e. The first-order valence-corrected chi connectivity index (χ1v) is 7.09. The minimum atomic E-state index is 0.235. The number of nitrogen functional groups attached to an aromatic ring is 1. The topological polar surface area (TPSA) is 103 Å². The summed E-state index contributed by atoms with van der Waals surface area (Å²) in [5, 5.41) is 12.8. The molecule has 0 unspecified atom stereocenters. The van der Waals surface area contributed by atoms with E-state index in [4.69, 9.17) is 11.1 Å². The average molecular weight is 294 g/mol. The molecule has 0 spiro atoms. The van der Waals surface area contributed by atoms with Crippen LogP contribution in [0.3, 0.4) is 0 Å². The van der Waals surface area contributed by atoms with Gasteiger partial charge in [-0.2, -0.15) is 0 Å². The summed E-state index contributed by atoms with van der Waals surface area (Å²) in [6.07, 6.45) is 5.15. The Labute approximate surface area is 128 Å². The Hall–Kier alpha value is -2.89. The van der Waals surface area contributed by atoms with Gasteiger partial charge in [-0.05, 0) is 32.0 Å². The van der Waals surface area contributed by atoms with Crippen molar-refractivity contribution in [1.29, 1.82) is 5.41 Å². The van der Waals surface area contributed by atoms with E-state index in [1.165, 1.54) is 0 Å². The van der Waals surface area contributed by atoms with Crippen LogP contribution < -0.4 is 11.1 Å². The molecule has 3 heterocycles. The lowest BCUT2D eigenvalue weighted by atomic mass is 10.0. The van der Waals surface area contributed by atoms with Crippen molar-refractivity contribution in [3.63, 3.8) is 0 Å². The van der Waals surface area contributed by atoms with Crippen LogP contribution in [0.15, 0.2) is 36.8 Å². The smallest absolute Gasteiger partial charge is 0.137 e. The number of nitrogens with zero attached hydrogens (tertiary/aromatic N) is 2. The fourth-order valence-corrected chi connectivity index (χ4v) is 2.39. The van der Waals surface area contributed by atoms with E-state index < -0.39 is 0 Å². The summed E-state index contributed by atoms with van der Waals surface area (Å²) in [6, 6.07) is 5.92. The third-order valence-electron chi connectivity index (χ3n) is 3.36. The number of aromatic amines is 1. The Morgan fingerprint density at radius 2 is 2.14 bits per heavy atom. The van der Waals surface area contributed by atoms with Crippen LogP contribution in [-0.4, -0.2) is 26.7 Å². The van der Waals surface area contributed by atoms with Crippen LogP contribution >= 0.6 is 0 Å². The highest BCUT2D eigenvalue weighted by Crippen LogP contribution is 2.25. The summed E-state index contributed by atoms with van der Waals surface area (Å²) < 4.78 is 0. The maximum Gasteiger partial charge on any atom is 0.137 e. The van der Waals surface area contributed by atoms with Crippen molar-refractivity contribution in [3.8, 4) is 0 Å². The summed E-state index contributed by atoms with van der Waals surface area (Å²) in [5.41, 5.74) is 9.24. The molecule has 112 valence electrons. The van der Waals surface area contributed by atoms with Gasteiger partial charge in [-0.25, -0.2) is 9.97 Å². The fraction of sp³-hybridized carbons (Fsp3) is 0.188. The molecule has 0 atom stereocenters. The van der Waals surface area contributed by atoms with Gasteiger partial charge in [0.2, 0.25) is 0 Å². The monoisotopic (exact) mass is 294 g/mol. The van der Waals surface area contributed by atoms with Gasteiger partial charge < -0.3 is 16.0 Å². The fourth-order valence-electron chi connectivity index (χ4n) is 2.39. The first-order chi connectivity index (χ1) is 10.6. The molecule has 0 saturated heterocycles. The molecule has 0 radical (unpaired) electrons. The number of rotatable bonds is 4. The molecule has 3 aromatic rings. The van der Waals surface area contributed by atoms with Crippen LogP contribution in [0, 0.1) is 5.41 Å². The molecular weight excluding hydrogens is 276 g/mol. The highest BCUT2D eigenvalue weighted by atomic mass is 14.9. The molecular formula is C16H18N6. The van der Waals surface area contributed by atoms with Gasteiger partial charge in [-0.1, -0.05) is 0 Å². The van der Waals surface area contributed by atoms with Crippen LogP contribution in [-0.2, 0) is 0 Å². The molecule has 6 nitrogen and oxygen atoms in total. The van der Waals surface area contributed by atoms with E-state index in [9.17, 15) is 0 Å². The van der Waals surface area contributed by atoms with Gasteiger partial charge in [-0.3, -0.25) is 5.41 Å². The van der Waals surface area contributed by atoms with Crippen molar-refractivity contribution in [2.24, 2.45) is 0 Å². The van der Waals surface area contributed by atoms with E-state index >= 15 is 0 Å². The lowest BCUT2D eigenvalue weighted by Crippen LogP contribution is -2.16. The Balaban J connectivity index is 2.07. The lowest BCUT2D eigenvalue weighted by Gasteiger charge is -2.16. The third-order valence-corrected chi connectivity index (χ3v) is 3.36. The highest BCUT2D eigenvalue weighted by molar-refractivity contribution is 6.17. The molecule has 22 heavy (non-hydrogen) atoms. The number of hydrogen-bond donors (Lipinski definition) is 4. The van der Waals surface area contributed by atoms with Gasteiger partial charge in [0.1, 0.15) is 11.5 Å². The maximum absolute atomic E-state index is 8.51. The minimum absolute atomic E-state index is 0.235. The van der Waals surface area contributed by atoms with E-state index in [-0.39, 0.29) is 6.04 Å². The summed E-state index contributed by atoms with van der Waals surface area (Å²) in [6.45, 7) is 4.08. The van der Waals surface area contributed by atoms with Gasteiger partial charge >= 0.3 is 0 Å². The van der Waals surface area contributed by atoms with E-state index in [0.717, 1.165) is 16.7 Å². The van der Waals surface area contributed by atoms with Crippen molar-refractivity contribution in [2.45, 2.75) is 19.9 Å². The Kier molecular flexibility index (Phi) is 3.50. The SMILES string of the molecule is CC(C)Nc1ccnc(N)c1C(=N)c1cnc2[nH]ccc2c1. The maximum atomic E-state index is 8.51. The summed E-state index contributed by atoms with van der Waals surface area (Å²) in [4.78, 5) is 11.5. The number of fused-ring (bicyclic) bond motifs is 1. The van der Waals surface area contributed by atoms with Crippen molar-refractivity contribution < 1.29 is 0 Å². The van der Waals surface area contributed by atoms with E-state index in [2.05, 4.69) is 20.3 Å². The van der Waals surface area contributed by atoms with Crippen molar-refractivity contribution in [1.82, 2.24) is 15.0 Å². The van der Waals surface area contributed by atoms with Crippen LogP contribution in [0.4, 0.5) is 11.5 Å². The van der Waals surface area contributed by atoms with Crippen LogP contribution in [0.2, 0.25) is 0 Å². The first-order valence-electron chi connectivity index (χ1n) is 7.09. The first kappa shape index (κ1) is 14.1. The summed E-state index contributed by atoms with van der Waals surface area (Å²) in [7, 11) is 0. The van der Waals surface area contributed by atoms with Gasteiger partial charge in [-0.15, -0.1) is 0 Å². The predicted molar refractivity (Wildman–Crippen MR) is 89.4 cm³/mol. The molecule has 0 saturated carbocycles. The van der Waals surface area contributed by atoms with E-state index in [0.29, 0.717) is 22.7 Å². The number of H-pyrrole nitrogens is 1. The number of pyridine rings is 2. The molecule has 0 bridgehead atoms. The van der Waals surface area contributed by atoms with E-state index in [1.54, 1.807) is 12.4 Å². The molecule has 0 aliphatic carbocycles. The van der Waals surface area contributed by atoms with Crippen molar-refractivity contribution in [2.75, 3.05) is 11.1 Å². The normalized spacial score (nSPS) is 11.0. The van der Waals surface area contributed by atoms with Crippen LogP contribution in [0.25, 0.3) is 11.0 Å². The number of aromatic nitrogens is 3. The van der Waals surface area contributed by atoms with Gasteiger partial charge in [0.05, 0.1) is 11.3 Å². The predicted octanol–water partition coefficient (Wildman–Crippen LogP) is 2.78. The zero-order chi connectivity index (χ0) is 15.7. The second kappa shape index (κ2) is 5.48. The van der Waals surface area contributed by atoms with Crippen molar-refractivity contribution in [3.05, 3.63) is 47.9 Å². The number of nitrogens with two attached hydrogens (primary N) is 1. The molecule has 0 fully saturated rings. The lowest BCUT2D eigenvalue weighted by molar-refractivity contribution is 0.898. The summed E-state index contributed by atoms with van der Waals surface area (Å²) >= 11 is 0. The zero-order valence-corrected chi connectivity index (χ0v) is 12.5. The van der Waals surface area contributed by atoms with Crippen LogP contribution in [0.1, 0.15) is 25.0 Å². The molecule has 5 N–H and O–H groups in total. The Morgan fingerprint density at radius 1 is 1.32 bits per heavy atom. The second-order valence-electron chi connectivity index (χ2n) is 5.43. The molecule has 0 aromatic carbocycles. The van der Waals surface area contributed by atoms with Gasteiger partial charge in [0, 0.05) is 41.3 Å². The molecule has 0 amide bonds. The highest BCUT2D eigenvalue weighted by Gasteiger charge is 2.16. The molecule has 3 aromatic heterocycles. The number of nitrogens with one attached hydrogen (secondary N) is 3. The molecule has 0 aliphatic rings. The standard InChI is InChI=1S/C16H18N6/c1-9(2)22-12-4-6-19-15(18)13(12)14(17)11-7-10-3-5-20-16(10)21-8-11/h3-9,17H,1-2H3,(H,20,21)(H3,18,19,22). The van der Waals surface area contributed by atoms with Crippen LogP contribution in [0.5, 0.6) is 0 Å². The largest absolute Gasteiger partial charge is 0.383 e. The van der Waals surface area contributed by atoms with E-state index in [1.807, 2.05) is 38.2 Å². The Bertz CT molecular complexity index is 834. The second-order valence-corrected chi connectivity index (χ2v) is 5.43. The van der Waals surface area contributed by atoms with Gasteiger partial charge in [0.15, 0.2) is 0 Å². The Morgan fingerprint density at radius 3 is 2.91 bits per heavy atom. The quantitative estimate of drug-likeness (QED) is 0.555. The summed E-state index contributed by atoms with van der Waals surface area (Å²) in [5.74, 6) is 0.338. The molecule has 0 aliphatic heterocycles. The third kappa shape index (κ3) is 2.50. The van der Waals surface area contributed by atoms with Crippen molar-refractivity contribution >= 4 is 28.3 Å².